The summed E-state index contributed by atoms with van der Waals surface area (Å²) in [4.78, 5) is 2.39. The molecule has 0 radical (unpaired) electrons. The molecule has 2 rings (SSSR count). The summed E-state index contributed by atoms with van der Waals surface area (Å²) < 4.78 is 0. The van der Waals surface area contributed by atoms with Crippen LogP contribution in [-0.4, -0.2) is 19.0 Å². The van der Waals surface area contributed by atoms with Gasteiger partial charge in [-0.3, -0.25) is 0 Å². The maximum absolute atomic E-state index is 5.58. The minimum atomic E-state index is 0.607. The molecular formula is C12H14ClN. The highest BCUT2D eigenvalue weighted by Crippen LogP contribution is 2.26. The molecule has 0 unspecified atom stereocenters. The average molecular weight is 208 g/mol. The first-order chi connectivity index (χ1) is 6.92. The highest BCUT2D eigenvalue weighted by molar-refractivity contribution is 6.18. The van der Waals surface area contributed by atoms with Crippen LogP contribution in [0.5, 0.6) is 0 Å². The van der Waals surface area contributed by atoms with Gasteiger partial charge in [0.2, 0.25) is 0 Å². The van der Waals surface area contributed by atoms with Gasteiger partial charge in [0.15, 0.2) is 0 Å². The van der Waals surface area contributed by atoms with E-state index in [0.717, 1.165) is 13.1 Å². The van der Waals surface area contributed by atoms with Crippen LogP contribution in [0.2, 0.25) is 0 Å². The van der Waals surface area contributed by atoms with Crippen molar-refractivity contribution in [3.8, 4) is 0 Å². The van der Waals surface area contributed by atoms with Crippen molar-refractivity contribution in [1.82, 2.24) is 0 Å². The van der Waals surface area contributed by atoms with Gasteiger partial charge in [-0.05, 0) is 18.1 Å². The molecule has 2 heteroatoms. The number of rotatable bonds is 3. The van der Waals surface area contributed by atoms with E-state index in [1.165, 1.54) is 17.7 Å². The summed E-state index contributed by atoms with van der Waals surface area (Å²) in [5, 5.41) is 0. The number of nitrogens with zero attached hydrogens (tertiary/aromatic N) is 1. The lowest BCUT2D eigenvalue weighted by Gasteiger charge is -2.16. The third-order valence-electron chi connectivity index (χ3n) is 2.56. The average Bonchev–Trinajstić information content (AvgIpc) is 2.63. The molecule has 1 aromatic carbocycles. The Morgan fingerprint density at radius 1 is 1.29 bits per heavy atom. The summed E-state index contributed by atoms with van der Waals surface area (Å²) >= 11 is 5.58. The first kappa shape index (κ1) is 9.60. The molecule has 0 atom stereocenters. The Hall–Kier alpha value is -0.950. The lowest BCUT2D eigenvalue weighted by Crippen LogP contribution is -2.20. The Balaban J connectivity index is 2.07. The van der Waals surface area contributed by atoms with Gasteiger partial charge >= 0.3 is 0 Å². The summed E-state index contributed by atoms with van der Waals surface area (Å²) in [5.74, 6) is 0.607. The standard InChI is InChI=1S/C12H14ClN/c13-8-3-4-9-14-10-7-11-5-1-2-6-12(11)14/h1-6H,7-10H2/b4-3+. The molecule has 14 heavy (non-hydrogen) atoms. The molecule has 0 aromatic heterocycles. The zero-order valence-corrected chi connectivity index (χ0v) is 8.87. The molecule has 0 aliphatic carbocycles. The number of hydrogen-bond donors (Lipinski definition) is 0. The van der Waals surface area contributed by atoms with E-state index in [-0.39, 0.29) is 0 Å². The fraction of sp³-hybridized carbons (Fsp3) is 0.333. The Bertz CT molecular complexity index is 333. The fourth-order valence-electron chi connectivity index (χ4n) is 1.86. The topological polar surface area (TPSA) is 3.24 Å². The van der Waals surface area contributed by atoms with Gasteiger partial charge < -0.3 is 4.90 Å². The summed E-state index contributed by atoms with van der Waals surface area (Å²) in [6.07, 6.45) is 5.31. The molecule has 0 bridgehead atoms. The van der Waals surface area contributed by atoms with Gasteiger partial charge in [0.05, 0.1) is 0 Å². The molecular weight excluding hydrogens is 194 g/mol. The Morgan fingerprint density at radius 2 is 2.14 bits per heavy atom. The minimum absolute atomic E-state index is 0.607. The van der Waals surface area contributed by atoms with E-state index in [9.17, 15) is 0 Å². The van der Waals surface area contributed by atoms with Crippen molar-refractivity contribution in [3.63, 3.8) is 0 Å². The van der Waals surface area contributed by atoms with Crippen LogP contribution in [0.25, 0.3) is 0 Å². The first-order valence-electron chi connectivity index (χ1n) is 4.95. The smallest absolute Gasteiger partial charge is 0.0404 e. The van der Waals surface area contributed by atoms with Crippen molar-refractivity contribution in [2.75, 3.05) is 23.9 Å². The Kier molecular flexibility index (Phi) is 3.10. The highest BCUT2D eigenvalue weighted by Gasteiger charge is 2.16. The van der Waals surface area contributed by atoms with E-state index in [2.05, 4.69) is 35.2 Å². The van der Waals surface area contributed by atoms with Crippen molar-refractivity contribution in [2.45, 2.75) is 6.42 Å². The zero-order valence-electron chi connectivity index (χ0n) is 8.12. The van der Waals surface area contributed by atoms with Gasteiger partial charge in [-0.25, -0.2) is 0 Å². The highest BCUT2D eigenvalue weighted by atomic mass is 35.5. The van der Waals surface area contributed by atoms with E-state index in [0.29, 0.717) is 5.88 Å². The van der Waals surface area contributed by atoms with Gasteiger partial charge in [0, 0.05) is 24.7 Å². The van der Waals surface area contributed by atoms with E-state index in [1.807, 2.05) is 6.08 Å². The van der Waals surface area contributed by atoms with Crippen LogP contribution in [-0.2, 0) is 6.42 Å². The minimum Gasteiger partial charge on any atom is -0.367 e. The van der Waals surface area contributed by atoms with Crippen LogP contribution in [0.3, 0.4) is 0 Å². The van der Waals surface area contributed by atoms with E-state index in [1.54, 1.807) is 0 Å². The SMILES string of the molecule is ClC/C=C/CN1CCc2ccccc21. The number of para-hydroxylation sites is 1. The second-order valence-electron chi connectivity index (χ2n) is 3.45. The monoisotopic (exact) mass is 207 g/mol. The molecule has 1 nitrogen and oxygen atoms in total. The zero-order chi connectivity index (χ0) is 9.80. The Labute approximate surface area is 90.0 Å². The predicted molar refractivity (Wildman–Crippen MR) is 62.2 cm³/mol. The predicted octanol–water partition coefficient (Wildman–Crippen LogP) is 2.84. The maximum atomic E-state index is 5.58. The number of benzene rings is 1. The van der Waals surface area contributed by atoms with Crippen LogP contribution < -0.4 is 4.90 Å². The summed E-state index contributed by atoms with van der Waals surface area (Å²) in [6, 6.07) is 8.61. The van der Waals surface area contributed by atoms with Crippen LogP contribution in [0.1, 0.15) is 5.56 Å². The summed E-state index contributed by atoms with van der Waals surface area (Å²) in [7, 11) is 0. The normalized spacial score (nSPS) is 15.1. The number of hydrogen-bond acceptors (Lipinski definition) is 1. The number of halogens is 1. The first-order valence-corrected chi connectivity index (χ1v) is 5.49. The summed E-state index contributed by atoms with van der Waals surface area (Å²) in [5.41, 5.74) is 2.85. The number of allylic oxidation sites excluding steroid dienone is 1. The molecule has 0 N–H and O–H groups in total. The quantitative estimate of drug-likeness (QED) is 0.544. The van der Waals surface area contributed by atoms with Crippen LogP contribution >= 0.6 is 11.6 Å². The third-order valence-corrected chi connectivity index (χ3v) is 2.74. The summed E-state index contributed by atoms with van der Waals surface area (Å²) in [6.45, 7) is 2.11. The maximum Gasteiger partial charge on any atom is 0.0404 e. The Morgan fingerprint density at radius 3 is 3.00 bits per heavy atom. The number of alkyl halides is 1. The fourth-order valence-corrected chi connectivity index (χ4v) is 1.99. The molecule has 0 spiro atoms. The molecule has 0 saturated heterocycles. The molecule has 0 amide bonds. The third kappa shape index (κ3) is 1.93. The second kappa shape index (κ2) is 4.52. The molecule has 1 aliphatic heterocycles. The van der Waals surface area contributed by atoms with Crippen molar-refractivity contribution in [2.24, 2.45) is 0 Å². The van der Waals surface area contributed by atoms with Crippen LogP contribution in [0.15, 0.2) is 36.4 Å². The van der Waals surface area contributed by atoms with Crippen molar-refractivity contribution in [3.05, 3.63) is 42.0 Å². The molecule has 1 heterocycles. The van der Waals surface area contributed by atoms with Gasteiger partial charge in [0.25, 0.3) is 0 Å². The van der Waals surface area contributed by atoms with Gasteiger partial charge in [-0.1, -0.05) is 30.4 Å². The molecule has 0 fully saturated rings. The molecule has 1 aromatic rings. The lowest BCUT2D eigenvalue weighted by atomic mass is 10.2. The number of anilines is 1. The van der Waals surface area contributed by atoms with Crippen molar-refractivity contribution in [1.29, 1.82) is 0 Å². The van der Waals surface area contributed by atoms with Crippen LogP contribution in [0, 0.1) is 0 Å². The largest absolute Gasteiger partial charge is 0.367 e. The van der Waals surface area contributed by atoms with Gasteiger partial charge in [0.1, 0.15) is 0 Å². The molecule has 74 valence electrons. The van der Waals surface area contributed by atoms with E-state index >= 15 is 0 Å². The number of fused-ring (bicyclic) bond motifs is 1. The van der Waals surface area contributed by atoms with Crippen molar-refractivity contribution < 1.29 is 0 Å². The van der Waals surface area contributed by atoms with Crippen LogP contribution in [0.4, 0.5) is 5.69 Å². The van der Waals surface area contributed by atoms with E-state index in [4.69, 9.17) is 11.6 Å². The van der Waals surface area contributed by atoms with Crippen molar-refractivity contribution >= 4 is 17.3 Å². The second-order valence-corrected chi connectivity index (χ2v) is 3.76. The molecule has 1 aliphatic rings. The molecule has 0 saturated carbocycles. The lowest BCUT2D eigenvalue weighted by molar-refractivity contribution is 0.903. The van der Waals surface area contributed by atoms with Gasteiger partial charge in [-0.2, -0.15) is 0 Å². The van der Waals surface area contributed by atoms with Gasteiger partial charge in [-0.15, -0.1) is 11.6 Å². The van der Waals surface area contributed by atoms with E-state index < -0.39 is 0 Å².